The third-order valence-electron chi connectivity index (χ3n) is 1.69. The Hall–Kier alpha value is -1.27. The van der Waals surface area contributed by atoms with Crippen LogP contribution in [0.2, 0.25) is 0 Å². The van der Waals surface area contributed by atoms with E-state index >= 15 is 0 Å². The summed E-state index contributed by atoms with van der Waals surface area (Å²) < 4.78 is 0. The predicted molar refractivity (Wildman–Crippen MR) is 58.7 cm³/mol. The highest BCUT2D eigenvalue weighted by atomic mass is 16.1. The van der Waals surface area contributed by atoms with E-state index in [4.69, 9.17) is 6.42 Å². The maximum absolute atomic E-state index is 11.3. The van der Waals surface area contributed by atoms with E-state index in [-0.39, 0.29) is 18.5 Å². The molecule has 0 aromatic heterocycles. The second kappa shape index (κ2) is 8.33. The first kappa shape index (κ1) is 12.7. The van der Waals surface area contributed by atoms with Crippen LogP contribution < -0.4 is 10.6 Å². The van der Waals surface area contributed by atoms with Gasteiger partial charge in [-0.2, -0.15) is 0 Å². The molecule has 1 unspecified atom stereocenters. The minimum atomic E-state index is -0.141. The standard InChI is InChI=1S/C11H18N2O/c1-4-7-10(6-3)13-11(14)9-12-8-5-2/h3,5,10,12H,2,4,7-9H2,1H3,(H,13,14). The highest BCUT2D eigenvalue weighted by Crippen LogP contribution is 1.93. The number of carbonyl (C=O) groups is 1. The second-order valence-corrected chi connectivity index (χ2v) is 3.00. The van der Waals surface area contributed by atoms with Crippen LogP contribution in [0.25, 0.3) is 0 Å². The molecule has 1 amide bonds. The zero-order chi connectivity index (χ0) is 10.8. The fourth-order valence-electron chi connectivity index (χ4n) is 1.02. The Kier molecular flexibility index (Phi) is 7.58. The lowest BCUT2D eigenvalue weighted by Crippen LogP contribution is -2.39. The van der Waals surface area contributed by atoms with Gasteiger partial charge in [-0.3, -0.25) is 4.79 Å². The first-order valence-electron chi connectivity index (χ1n) is 4.81. The molecule has 0 fully saturated rings. The molecule has 0 radical (unpaired) electrons. The van der Waals surface area contributed by atoms with E-state index in [1.807, 2.05) is 6.92 Å². The number of hydrogen-bond donors (Lipinski definition) is 2. The van der Waals surface area contributed by atoms with Crippen LogP contribution in [0.4, 0.5) is 0 Å². The van der Waals surface area contributed by atoms with Crippen LogP contribution in [0.15, 0.2) is 12.7 Å². The van der Waals surface area contributed by atoms with Crippen molar-refractivity contribution in [2.24, 2.45) is 0 Å². The highest BCUT2D eigenvalue weighted by Gasteiger charge is 2.06. The molecule has 3 nitrogen and oxygen atoms in total. The molecule has 0 heterocycles. The van der Waals surface area contributed by atoms with Gasteiger partial charge in [-0.05, 0) is 6.42 Å². The van der Waals surface area contributed by atoms with E-state index in [2.05, 4.69) is 23.1 Å². The van der Waals surface area contributed by atoms with E-state index in [9.17, 15) is 4.79 Å². The lowest BCUT2D eigenvalue weighted by molar-refractivity contribution is -0.120. The molecule has 0 rings (SSSR count). The average Bonchev–Trinajstić information content (AvgIpc) is 2.17. The summed E-state index contributed by atoms with van der Waals surface area (Å²) in [5, 5.41) is 5.66. The van der Waals surface area contributed by atoms with Crippen LogP contribution in [0, 0.1) is 12.3 Å². The Labute approximate surface area is 86.0 Å². The van der Waals surface area contributed by atoms with Gasteiger partial charge in [0.1, 0.15) is 0 Å². The molecule has 2 N–H and O–H groups in total. The molecular weight excluding hydrogens is 176 g/mol. The molecule has 0 aromatic carbocycles. The Bertz CT molecular complexity index is 218. The van der Waals surface area contributed by atoms with Gasteiger partial charge in [0, 0.05) is 6.54 Å². The summed E-state index contributed by atoms with van der Waals surface area (Å²) in [6, 6.07) is -0.141. The average molecular weight is 194 g/mol. The summed E-state index contributed by atoms with van der Waals surface area (Å²) in [5.74, 6) is 2.48. The van der Waals surface area contributed by atoms with Crippen molar-refractivity contribution in [2.75, 3.05) is 13.1 Å². The first-order chi connectivity index (χ1) is 6.74. The molecule has 0 saturated heterocycles. The van der Waals surface area contributed by atoms with Crippen molar-refractivity contribution in [3.63, 3.8) is 0 Å². The number of amides is 1. The minimum Gasteiger partial charge on any atom is -0.341 e. The van der Waals surface area contributed by atoms with Gasteiger partial charge < -0.3 is 10.6 Å². The molecule has 0 aliphatic carbocycles. The van der Waals surface area contributed by atoms with Crippen LogP contribution >= 0.6 is 0 Å². The summed E-state index contributed by atoms with van der Waals surface area (Å²) >= 11 is 0. The molecule has 1 atom stereocenters. The van der Waals surface area contributed by atoms with Crippen molar-refractivity contribution >= 4 is 5.91 Å². The molecule has 0 aliphatic heterocycles. The van der Waals surface area contributed by atoms with Gasteiger partial charge in [-0.25, -0.2) is 0 Å². The van der Waals surface area contributed by atoms with Gasteiger partial charge in [0.15, 0.2) is 0 Å². The van der Waals surface area contributed by atoms with Gasteiger partial charge in [0.2, 0.25) is 5.91 Å². The predicted octanol–water partition coefficient (Wildman–Crippen LogP) is 0.680. The molecule has 0 bridgehead atoms. The number of rotatable bonds is 7. The maximum atomic E-state index is 11.3. The van der Waals surface area contributed by atoms with Crippen LogP contribution in [0.3, 0.4) is 0 Å². The summed E-state index contributed by atoms with van der Waals surface area (Å²) in [5.41, 5.74) is 0. The van der Waals surface area contributed by atoms with Crippen molar-refractivity contribution in [1.29, 1.82) is 0 Å². The SMILES string of the molecule is C#CC(CCC)NC(=O)CNCC=C. The van der Waals surface area contributed by atoms with Crippen LogP contribution in [-0.4, -0.2) is 25.0 Å². The van der Waals surface area contributed by atoms with Crippen LogP contribution in [-0.2, 0) is 4.79 Å². The summed E-state index contributed by atoms with van der Waals surface area (Å²) in [6.07, 6.45) is 8.76. The zero-order valence-corrected chi connectivity index (χ0v) is 8.68. The van der Waals surface area contributed by atoms with Crippen molar-refractivity contribution in [2.45, 2.75) is 25.8 Å². The lowest BCUT2D eigenvalue weighted by Gasteiger charge is -2.11. The molecule has 0 aliphatic rings. The van der Waals surface area contributed by atoms with E-state index in [1.54, 1.807) is 6.08 Å². The third-order valence-corrected chi connectivity index (χ3v) is 1.69. The topological polar surface area (TPSA) is 41.1 Å². The normalized spacial score (nSPS) is 11.4. The van der Waals surface area contributed by atoms with Crippen LogP contribution in [0.1, 0.15) is 19.8 Å². The minimum absolute atomic E-state index is 0.0664. The van der Waals surface area contributed by atoms with Gasteiger partial charge in [0.25, 0.3) is 0 Å². The smallest absolute Gasteiger partial charge is 0.234 e. The van der Waals surface area contributed by atoms with Gasteiger partial charge >= 0.3 is 0 Å². The Morgan fingerprint density at radius 3 is 2.93 bits per heavy atom. The molecule has 0 aromatic rings. The molecule has 0 spiro atoms. The van der Waals surface area contributed by atoms with Crippen molar-refractivity contribution in [3.8, 4) is 12.3 Å². The fourth-order valence-corrected chi connectivity index (χ4v) is 1.02. The summed E-state index contributed by atoms with van der Waals surface area (Å²) in [6.45, 7) is 6.48. The molecule has 14 heavy (non-hydrogen) atoms. The Morgan fingerprint density at radius 2 is 2.43 bits per heavy atom. The second-order valence-electron chi connectivity index (χ2n) is 3.00. The first-order valence-corrected chi connectivity index (χ1v) is 4.81. The van der Waals surface area contributed by atoms with E-state index < -0.39 is 0 Å². The number of terminal acetylenes is 1. The van der Waals surface area contributed by atoms with Crippen molar-refractivity contribution in [1.82, 2.24) is 10.6 Å². The fraction of sp³-hybridized carbons (Fsp3) is 0.545. The molecule has 0 saturated carbocycles. The van der Waals surface area contributed by atoms with Gasteiger partial charge in [-0.15, -0.1) is 13.0 Å². The number of carbonyl (C=O) groups excluding carboxylic acids is 1. The number of hydrogen-bond acceptors (Lipinski definition) is 2. The molecule has 78 valence electrons. The lowest BCUT2D eigenvalue weighted by atomic mass is 10.2. The van der Waals surface area contributed by atoms with Gasteiger partial charge in [0.05, 0.1) is 12.6 Å². The summed E-state index contributed by atoms with van der Waals surface area (Å²) in [7, 11) is 0. The Morgan fingerprint density at radius 1 is 1.71 bits per heavy atom. The Balaban J connectivity index is 3.68. The largest absolute Gasteiger partial charge is 0.341 e. The molecular formula is C11H18N2O. The van der Waals surface area contributed by atoms with E-state index in [0.29, 0.717) is 6.54 Å². The summed E-state index contributed by atoms with van der Waals surface area (Å²) in [4.78, 5) is 11.3. The van der Waals surface area contributed by atoms with Crippen LogP contribution in [0.5, 0.6) is 0 Å². The van der Waals surface area contributed by atoms with E-state index in [0.717, 1.165) is 12.8 Å². The molecule has 3 heteroatoms. The highest BCUT2D eigenvalue weighted by molar-refractivity contribution is 5.78. The van der Waals surface area contributed by atoms with Crippen molar-refractivity contribution in [3.05, 3.63) is 12.7 Å². The van der Waals surface area contributed by atoms with E-state index in [1.165, 1.54) is 0 Å². The zero-order valence-electron chi connectivity index (χ0n) is 8.68. The quantitative estimate of drug-likeness (QED) is 0.355. The third kappa shape index (κ3) is 6.27. The maximum Gasteiger partial charge on any atom is 0.234 e. The number of nitrogens with one attached hydrogen (secondary N) is 2. The van der Waals surface area contributed by atoms with Crippen molar-refractivity contribution < 1.29 is 4.79 Å². The monoisotopic (exact) mass is 194 g/mol. The van der Waals surface area contributed by atoms with Gasteiger partial charge in [-0.1, -0.05) is 25.3 Å².